The third-order valence-corrected chi connectivity index (χ3v) is 3.49. The third-order valence-electron chi connectivity index (χ3n) is 3.49. The minimum atomic E-state index is 0. The molecule has 1 rings (SSSR count). The van der Waals surface area contributed by atoms with Crippen LogP contribution in [0.25, 0.3) is 0 Å². The highest BCUT2D eigenvalue weighted by Crippen LogP contribution is 2.12. The lowest BCUT2D eigenvalue weighted by molar-refractivity contribution is 0.146. The molecule has 144 valence electrons. The van der Waals surface area contributed by atoms with Crippen molar-refractivity contribution in [1.82, 2.24) is 10.6 Å². The zero-order valence-electron chi connectivity index (χ0n) is 16.0. The Kier molecular flexibility index (Phi) is 14.6. The van der Waals surface area contributed by atoms with Crippen LogP contribution in [-0.4, -0.2) is 39.4 Å². The highest BCUT2D eigenvalue weighted by atomic mass is 127. The summed E-state index contributed by atoms with van der Waals surface area (Å²) in [7, 11) is 1.67. The van der Waals surface area contributed by atoms with Gasteiger partial charge in [0, 0.05) is 20.2 Å². The average molecular weight is 463 g/mol. The molecule has 0 aliphatic rings. The predicted octanol–water partition coefficient (Wildman–Crippen LogP) is 3.82. The van der Waals surface area contributed by atoms with E-state index in [1.165, 1.54) is 6.42 Å². The van der Waals surface area contributed by atoms with E-state index in [-0.39, 0.29) is 24.0 Å². The van der Waals surface area contributed by atoms with E-state index in [0.29, 0.717) is 19.8 Å². The standard InChI is InChI=1S/C19H33N3O2.HI/c1-5-20-19(21-12-6-7-16(2)3)22-15-17-8-10-18(11-9-17)24-14-13-23-4;/h8-11,16H,5-7,12-15H2,1-4H3,(H2,20,21,22);1H. The number of aliphatic imine (C=N–C) groups is 1. The van der Waals surface area contributed by atoms with Gasteiger partial charge >= 0.3 is 0 Å². The van der Waals surface area contributed by atoms with Crippen molar-refractivity contribution < 1.29 is 9.47 Å². The SMILES string of the molecule is CCNC(=NCc1ccc(OCCOC)cc1)NCCCC(C)C.I. The molecule has 0 radical (unpaired) electrons. The maximum Gasteiger partial charge on any atom is 0.191 e. The molecule has 0 spiro atoms. The van der Waals surface area contributed by atoms with E-state index in [9.17, 15) is 0 Å². The maximum absolute atomic E-state index is 5.56. The van der Waals surface area contributed by atoms with Gasteiger partial charge in [-0.05, 0) is 43.4 Å². The fourth-order valence-corrected chi connectivity index (χ4v) is 2.16. The first-order valence-electron chi connectivity index (χ1n) is 8.88. The largest absolute Gasteiger partial charge is 0.491 e. The van der Waals surface area contributed by atoms with E-state index in [2.05, 4.69) is 36.4 Å². The van der Waals surface area contributed by atoms with Gasteiger partial charge < -0.3 is 20.1 Å². The number of nitrogens with zero attached hydrogens (tertiary/aromatic N) is 1. The first-order valence-corrected chi connectivity index (χ1v) is 8.88. The van der Waals surface area contributed by atoms with E-state index >= 15 is 0 Å². The second-order valence-corrected chi connectivity index (χ2v) is 6.14. The number of hydrogen-bond acceptors (Lipinski definition) is 3. The van der Waals surface area contributed by atoms with Crippen LogP contribution in [0.2, 0.25) is 0 Å². The summed E-state index contributed by atoms with van der Waals surface area (Å²) in [6, 6.07) is 8.05. The van der Waals surface area contributed by atoms with Crippen molar-refractivity contribution in [3.05, 3.63) is 29.8 Å². The van der Waals surface area contributed by atoms with Crippen molar-refractivity contribution in [2.75, 3.05) is 33.4 Å². The summed E-state index contributed by atoms with van der Waals surface area (Å²) >= 11 is 0. The Morgan fingerprint density at radius 1 is 1.12 bits per heavy atom. The normalized spacial score (nSPS) is 11.2. The fraction of sp³-hybridized carbons (Fsp3) is 0.632. The Morgan fingerprint density at radius 2 is 1.84 bits per heavy atom. The van der Waals surface area contributed by atoms with Crippen LogP contribution in [0.15, 0.2) is 29.3 Å². The molecule has 0 atom stereocenters. The van der Waals surface area contributed by atoms with E-state index in [0.717, 1.165) is 42.7 Å². The van der Waals surface area contributed by atoms with Crippen LogP contribution in [0.5, 0.6) is 5.75 Å². The Bertz CT molecular complexity index is 464. The summed E-state index contributed by atoms with van der Waals surface area (Å²) in [5.41, 5.74) is 1.16. The molecule has 0 heterocycles. The van der Waals surface area contributed by atoms with Crippen LogP contribution < -0.4 is 15.4 Å². The van der Waals surface area contributed by atoms with Crippen molar-refractivity contribution in [3.63, 3.8) is 0 Å². The monoisotopic (exact) mass is 463 g/mol. The lowest BCUT2D eigenvalue weighted by Crippen LogP contribution is -2.37. The quantitative estimate of drug-likeness (QED) is 0.227. The summed E-state index contributed by atoms with van der Waals surface area (Å²) in [6.07, 6.45) is 2.40. The summed E-state index contributed by atoms with van der Waals surface area (Å²) in [5.74, 6) is 2.48. The highest BCUT2D eigenvalue weighted by molar-refractivity contribution is 14.0. The number of guanidine groups is 1. The predicted molar refractivity (Wildman–Crippen MR) is 116 cm³/mol. The Labute approximate surface area is 170 Å². The van der Waals surface area contributed by atoms with Gasteiger partial charge in [-0.1, -0.05) is 26.0 Å². The van der Waals surface area contributed by atoms with Gasteiger partial charge in [0.2, 0.25) is 0 Å². The Balaban J connectivity index is 0.00000576. The fourth-order valence-electron chi connectivity index (χ4n) is 2.16. The van der Waals surface area contributed by atoms with Gasteiger partial charge in [-0.25, -0.2) is 4.99 Å². The van der Waals surface area contributed by atoms with E-state index in [1.807, 2.05) is 24.3 Å². The highest BCUT2D eigenvalue weighted by Gasteiger charge is 2.00. The number of halogens is 1. The molecule has 0 aliphatic carbocycles. The molecule has 6 heteroatoms. The van der Waals surface area contributed by atoms with E-state index < -0.39 is 0 Å². The topological polar surface area (TPSA) is 54.9 Å². The summed E-state index contributed by atoms with van der Waals surface area (Å²) in [6.45, 7) is 10.2. The van der Waals surface area contributed by atoms with Crippen molar-refractivity contribution >= 4 is 29.9 Å². The van der Waals surface area contributed by atoms with Crippen molar-refractivity contribution in [2.45, 2.75) is 40.2 Å². The third kappa shape index (κ3) is 12.0. The number of hydrogen-bond donors (Lipinski definition) is 2. The van der Waals surface area contributed by atoms with Gasteiger partial charge in [-0.15, -0.1) is 24.0 Å². The smallest absolute Gasteiger partial charge is 0.191 e. The molecular weight excluding hydrogens is 429 g/mol. The molecule has 0 aliphatic heterocycles. The van der Waals surface area contributed by atoms with Crippen molar-refractivity contribution in [2.24, 2.45) is 10.9 Å². The average Bonchev–Trinajstić information content (AvgIpc) is 2.57. The minimum Gasteiger partial charge on any atom is -0.491 e. The van der Waals surface area contributed by atoms with Crippen LogP contribution in [-0.2, 0) is 11.3 Å². The first-order chi connectivity index (χ1) is 11.7. The van der Waals surface area contributed by atoms with Crippen LogP contribution in [0, 0.1) is 5.92 Å². The lowest BCUT2D eigenvalue weighted by Gasteiger charge is -2.12. The van der Waals surface area contributed by atoms with Crippen molar-refractivity contribution in [1.29, 1.82) is 0 Å². The maximum atomic E-state index is 5.56. The molecule has 1 aromatic rings. The van der Waals surface area contributed by atoms with Crippen LogP contribution in [0.1, 0.15) is 39.2 Å². The summed E-state index contributed by atoms with van der Waals surface area (Å²) in [4.78, 5) is 4.64. The molecule has 0 amide bonds. The molecule has 0 fully saturated rings. The van der Waals surface area contributed by atoms with Crippen molar-refractivity contribution in [3.8, 4) is 5.75 Å². The van der Waals surface area contributed by atoms with E-state index in [4.69, 9.17) is 9.47 Å². The molecule has 25 heavy (non-hydrogen) atoms. The number of ether oxygens (including phenoxy) is 2. The van der Waals surface area contributed by atoms with Gasteiger partial charge in [0.05, 0.1) is 13.2 Å². The first kappa shape index (κ1) is 24.0. The van der Waals surface area contributed by atoms with Crippen LogP contribution in [0.3, 0.4) is 0 Å². The molecule has 1 aromatic carbocycles. The van der Waals surface area contributed by atoms with Crippen LogP contribution >= 0.6 is 24.0 Å². The number of benzene rings is 1. The molecule has 0 bridgehead atoms. The van der Waals surface area contributed by atoms with Crippen LogP contribution in [0.4, 0.5) is 0 Å². The molecule has 2 N–H and O–H groups in total. The zero-order chi connectivity index (χ0) is 17.6. The Hall–Kier alpha value is -1.02. The molecule has 5 nitrogen and oxygen atoms in total. The molecule has 0 saturated heterocycles. The van der Waals surface area contributed by atoms with Gasteiger partial charge in [-0.3, -0.25) is 0 Å². The number of nitrogens with one attached hydrogen (secondary N) is 2. The summed E-state index contributed by atoms with van der Waals surface area (Å²) < 4.78 is 10.5. The zero-order valence-corrected chi connectivity index (χ0v) is 18.3. The molecule has 0 saturated carbocycles. The minimum absolute atomic E-state index is 0. The van der Waals surface area contributed by atoms with Gasteiger partial charge in [0.15, 0.2) is 5.96 Å². The lowest BCUT2D eigenvalue weighted by atomic mass is 10.1. The summed E-state index contributed by atoms with van der Waals surface area (Å²) in [5, 5.41) is 6.68. The second kappa shape index (κ2) is 15.3. The number of methoxy groups -OCH3 is 1. The molecule has 0 aromatic heterocycles. The van der Waals surface area contributed by atoms with Gasteiger partial charge in [-0.2, -0.15) is 0 Å². The van der Waals surface area contributed by atoms with Gasteiger partial charge in [0.25, 0.3) is 0 Å². The molecular formula is C19H34IN3O2. The second-order valence-electron chi connectivity index (χ2n) is 6.14. The van der Waals surface area contributed by atoms with Gasteiger partial charge in [0.1, 0.15) is 12.4 Å². The Morgan fingerprint density at radius 3 is 2.44 bits per heavy atom. The molecule has 0 unspecified atom stereocenters. The number of rotatable bonds is 11. The van der Waals surface area contributed by atoms with E-state index in [1.54, 1.807) is 7.11 Å².